The monoisotopic (exact) mass is 244 g/mol. The minimum absolute atomic E-state index is 0.0194. The summed E-state index contributed by atoms with van der Waals surface area (Å²) in [5.74, 6) is 0. The first-order valence-corrected chi connectivity index (χ1v) is 5.09. The second kappa shape index (κ2) is 5.79. The Hall–Kier alpha value is -1.17. The summed E-state index contributed by atoms with van der Waals surface area (Å²) in [6.07, 6.45) is 0.532. The molecule has 1 atom stereocenters. The molecule has 0 aliphatic carbocycles. The van der Waals surface area contributed by atoms with Gasteiger partial charge >= 0.3 is 0 Å². The van der Waals surface area contributed by atoms with E-state index in [0.29, 0.717) is 18.1 Å². The van der Waals surface area contributed by atoms with Crippen LogP contribution in [0.25, 0.3) is 0 Å². The van der Waals surface area contributed by atoms with Gasteiger partial charge < -0.3 is 10.5 Å². The number of nitro groups is 1. The second-order valence-corrected chi connectivity index (χ2v) is 3.86. The number of hydrogen-bond acceptors (Lipinski definition) is 4. The lowest BCUT2D eigenvalue weighted by atomic mass is 10.1. The highest BCUT2D eigenvalue weighted by Gasteiger charge is 2.11. The van der Waals surface area contributed by atoms with Crippen LogP contribution in [0, 0.1) is 10.1 Å². The van der Waals surface area contributed by atoms with E-state index in [2.05, 4.69) is 0 Å². The lowest BCUT2D eigenvalue weighted by Crippen LogP contribution is -2.28. The van der Waals surface area contributed by atoms with Crippen LogP contribution in [0.15, 0.2) is 18.2 Å². The molecule has 5 nitrogen and oxygen atoms in total. The summed E-state index contributed by atoms with van der Waals surface area (Å²) in [7, 11) is 1.57. The highest BCUT2D eigenvalue weighted by Crippen LogP contribution is 2.23. The summed E-state index contributed by atoms with van der Waals surface area (Å²) in [4.78, 5) is 10.0. The maximum absolute atomic E-state index is 10.5. The average Bonchev–Trinajstić information content (AvgIpc) is 2.21. The van der Waals surface area contributed by atoms with E-state index >= 15 is 0 Å². The zero-order valence-corrected chi connectivity index (χ0v) is 9.61. The molecule has 0 saturated heterocycles. The van der Waals surface area contributed by atoms with Crippen LogP contribution in [0.3, 0.4) is 0 Å². The van der Waals surface area contributed by atoms with Crippen molar-refractivity contribution in [1.29, 1.82) is 0 Å². The molecular weight excluding hydrogens is 232 g/mol. The minimum atomic E-state index is -0.481. The average molecular weight is 245 g/mol. The van der Waals surface area contributed by atoms with E-state index in [0.717, 1.165) is 5.56 Å². The summed E-state index contributed by atoms with van der Waals surface area (Å²) >= 11 is 5.92. The van der Waals surface area contributed by atoms with Crippen LogP contribution in [0.1, 0.15) is 5.56 Å². The Morgan fingerprint density at radius 1 is 1.62 bits per heavy atom. The Morgan fingerprint density at radius 2 is 2.31 bits per heavy atom. The number of nitrogens with two attached hydrogens (primary N) is 1. The van der Waals surface area contributed by atoms with Crippen LogP contribution in [0.5, 0.6) is 0 Å². The molecule has 16 heavy (non-hydrogen) atoms. The molecule has 0 saturated carbocycles. The third kappa shape index (κ3) is 3.44. The van der Waals surface area contributed by atoms with Gasteiger partial charge in [-0.05, 0) is 12.0 Å². The molecule has 0 aliphatic rings. The fourth-order valence-corrected chi connectivity index (χ4v) is 1.62. The van der Waals surface area contributed by atoms with E-state index in [1.165, 1.54) is 12.1 Å². The molecular formula is C10H13ClN2O3. The Bertz CT molecular complexity index is 384. The fraction of sp³-hybridized carbons (Fsp3) is 0.400. The maximum Gasteiger partial charge on any atom is 0.270 e. The summed E-state index contributed by atoms with van der Waals surface area (Å²) in [6, 6.07) is 4.21. The molecule has 1 aromatic carbocycles. The zero-order valence-electron chi connectivity index (χ0n) is 8.85. The van der Waals surface area contributed by atoms with Gasteiger partial charge in [-0.3, -0.25) is 10.1 Å². The second-order valence-electron chi connectivity index (χ2n) is 3.45. The molecule has 0 aromatic heterocycles. The van der Waals surface area contributed by atoms with Gasteiger partial charge in [-0.2, -0.15) is 0 Å². The summed E-state index contributed by atoms with van der Waals surface area (Å²) in [5, 5.41) is 10.9. The summed E-state index contributed by atoms with van der Waals surface area (Å²) < 4.78 is 4.90. The molecule has 0 fully saturated rings. The molecule has 1 rings (SSSR count). The predicted molar refractivity (Wildman–Crippen MR) is 61.7 cm³/mol. The van der Waals surface area contributed by atoms with Gasteiger partial charge in [0, 0.05) is 25.3 Å². The molecule has 1 unspecified atom stereocenters. The van der Waals surface area contributed by atoms with Gasteiger partial charge in [0.05, 0.1) is 16.6 Å². The molecule has 88 valence electrons. The lowest BCUT2D eigenvalue weighted by molar-refractivity contribution is -0.384. The van der Waals surface area contributed by atoms with Crippen LogP contribution < -0.4 is 5.73 Å². The highest BCUT2D eigenvalue weighted by molar-refractivity contribution is 6.31. The van der Waals surface area contributed by atoms with Gasteiger partial charge in [0.25, 0.3) is 5.69 Å². The molecule has 0 spiro atoms. The number of nitro benzene ring substituents is 1. The number of non-ortho nitro benzene ring substituents is 1. The number of methoxy groups -OCH3 is 1. The van der Waals surface area contributed by atoms with E-state index in [1.807, 2.05) is 0 Å². The van der Waals surface area contributed by atoms with Gasteiger partial charge in [0.15, 0.2) is 0 Å². The summed E-state index contributed by atoms with van der Waals surface area (Å²) in [6.45, 7) is 0.424. The molecule has 0 bridgehead atoms. The standard InChI is InChI=1S/C10H13ClN2O3/c1-16-6-8(12)4-7-2-3-9(13(14)15)5-10(7)11/h2-3,5,8H,4,6,12H2,1H3. The van der Waals surface area contributed by atoms with Crippen LogP contribution in [0.4, 0.5) is 5.69 Å². The van der Waals surface area contributed by atoms with Crippen molar-refractivity contribution in [2.24, 2.45) is 5.73 Å². The Labute approximate surface area is 98.3 Å². The fourth-order valence-electron chi connectivity index (χ4n) is 1.37. The third-order valence-corrected chi connectivity index (χ3v) is 2.46. The van der Waals surface area contributed by atoms with Crippen molar-refractivity contribution in [1.82, 2.24) is 0 Å². The van der Waals surface area contributed by atoms with E-state index in [-0.39, 0.29) is 11.7 Å². The van der Waals surface area contributed by atoms with Crippen molar-refractivity contribution in [3.63, 3.8) is 0 Å². The van der Waals surface area contributed by atoms with Crippen LogP contribution in [-0.4, -0.2) is 24.7 Å². The highest BCUT2D eigenvalue weighted by atomic mass is 35.5. The maximum atomic E-state index is 10.5. The number of halogens is 1. The molecule has 1 aromatic rings. The quantitative estimate of drug-likeness (QED) is 0.632. The molecule has 6 heteroatoms. The minimum Gasteiger partial charge on any atom is -0.383 e. The van der Waals surface area contributed by atoms with Crippen LogP contribution in [0.2, 0.25) is 5.02 Å². The van der Waals surface area contributed by atoms with Gasteiger partial charge in [0.1, 0.15) is 0 Å². The smallest absolute Gasteiger partial charge is 0.270 e. The first kappa shape index (κ1) is 12.9. The van der Waals surface area contributed by atoms with E-state index in [4.69, 9.17) is 22.1 Å². The Morgan fingerprint density at radius 3 is 2.81 bits per heavy atom. The van der Waals surface area contributed by atoms with Crippen LogP contribution >= 0.6 is 11.6 Å². The van der Waals surface area contributed by atoms with Crippen molar-refractivity contribution in [3.05, 3.63) is 38.9 Å². The topological polar surface area (TPSA) is 78.4 Å². The van der Waals surface area contributed by atoms with Gasteiger partial charge in [-0.1, -0.05) is 17.7 Å². The van der Waals surface area contributed by atoms with Crippen LogP contribution in [-0.2, 0) is 11.2 Å². The van der Waals surface area contributed by atoms with Gasteiger partial charge in [-0.15, -0.1) is 0 Å². The predicted octanol–water partition coefficient (Wildman–Crippen LogP) is 1.76. The number of rotatable bonds is 5. The number of ether oxygens (including phenoxy) is 1. The van der Waals surface area contributed by atoms with Gasteiger partial charge in [-0.25, -0.2) is 0 Å². The largest absolute Gasteiger partial charge is 0.383 e. The van der Waals surface area contributed by atoms with E-state index in [1.54, 1.807) is 13.2 Å². The number of nitrogens with zero attached hydrogens (tertiary/aromatic N) is 1. The van der Waals surface area contributed by atoms with Crippen molar-refractivity contribution in [2.45, 2.75) is 12.5 Å². The van der Waals surface area contributed by atoms with Crippen molar-refractivity contribution < 1.29 is 9.66 Å². The van der Waals surface area contributed by atoms with E-state index < -0.39 is 4.92 Å². The SMILES string of the molecule is COCC(N)Cc1ccc([N+](=O)[O-])cc1Cl. The van der Waals surface area contributed by atoms with Crippen molar-refractivity contribution in [3.8, 4) is 0 Å². The lowest BCUT2D eigenvalue weighted by Gasteiger charge is -2.11. The van der Waals surface area contributed by atoms with E-state index in [9.17, 15) is 10.1 Å². The molecule has 0 heterocycles. The van der Waals surface area contributed by atoms with Crippen molar-refractivity contribution in [2.75, 3.05) is 13.7 Å². The normalized spacial score (nSPS) is 12.4. The van der Waals surface area contributed by atoms with Crippen molar-refractivity contribution >= 4 is 17.3 Å². The Balaban J connectivity index is 2.79. The Kier molecular flexibility index (Phi) is 4.67. The first-order valence-electron chi connectivity index (χ1n) is 4.72. The number of hydrogen-bond donors (Lipinski definition) is 1. The third-order valence-electron chi connectivity index (χ3n) is 2.11. The molecule has 2 N–H and O–H groups in total. The first-order chi connectivity index (χ1) is 7.54. The zero-order chi connectivity index (χ0) is 12.1. The molecule has 0 amide bonds. The molecule has 0 radical (unpaired) electrons. The molecule has 0 aliphatic heterocycles. The van der Waals surface area contributed by atoms with Gasteiger partial charge in [0.2, 0.25) is 0 Å². The number of benzene rings is 1. The summed E-state index contributed by atoms with van der Waals surface area (Å²) in [5.41, 5.74) is 6.53.